The van der Waals surface area contributed by atoms with Crippen LogP contribution in [0.15, 0.2) is 60.8 Å². The Morgan fingerprint density at radius 1 is 1.08 bits per heavy atom. The van der Waals surface area contributed by atoms with Crippen LogP contribution in [-0.4, -0.2) is 28.3 Å². The molecule has 0 spiro atoms. The first-order chi connectivity index (χ1) is 12.6. The Morgan fingerprint density at radius 2 is 1.77 bits per heavy atom. The first-order valence-electron chi connectivity index (χ1n) is 7.97. The van der Waals surface area contributed by atoms with Gasteiger partial charge in [-0.1, -0.05) is 0 Å². The van der Waals surface area contributed by atoms with Gasteiger partial charge in [0, 0.05) is 11.9 Å². The van der Waals surface area contributed by atoms with E-state index in [0.29, 0.717) is 23.5 Å². The van der Waals surface area contributed by atoms with Gasteiger partial charge in [-0.25, -0.2) is 13.9 Å². The highest BCUT2D eigenvalue weighted by atomic mass is 19.1. The van der Waals surface area contributed by atoms with Crippen LogP contribution < -0.4 is 5.32 Å². The van der Waals surface area contributed by atoms with Crippen LogP contribution in [0.4, 0.5) is 10.1 Å². The summed E-state index contributed by atoms with van der Waals surface area (Å²) in [6.45, 7) is 2.03. The fourth-order valence-electron chi connectivity index (χ4n) is 2.28. The minimum atomic E-state index is -0.414. The van der Waals surface area contributed by atoms with Gasteiger partial charge < -0.3 is 10.1 Å². The predicted molar refractivity (Wildman–Crippen MR) is 93.9 cm³/mol. The van der Waals surface area contributed by atoms with E-state index in [9.17, 15) is 14.0 Å². The van der Waals surface area contributed by atoms with E-state index in [1.807, 2.05) is 0 Å². The molecule has 0 saturated heterocycles. The van der Waals surface area contributed by atoms with Gasteiger partial charge in [-0.15, -0.1) is 0 Å². The molecule has 0 atom stereocenters. The number of nitrogens with one attached hydrogen (secondary N) is 1. The van der Waals surface area contributed by atoms with Gasteiger partial charge in [0.2, 0.25) is 0 Å². The van der Waals surface area contributed by atoms with Crippen molar-refractivity contribution in [3.05, 3.63) is 77.9 Å². The van der Waals surface area contributed by atoms with Crippen LogP contribution in [0.1, 0.15) is 27.8 Å². The number of hydrogen-bond acceptors (Lipinski definition) is 4. The number of esters is 1. The zero-order valence-electron chi connectivity index (χ0n) is 14.0. The van der Waals surface area contributed by atoms with Crippen molar-refractivity contribution in [3.8, 4) is 5.69 Å². The first kappa shape index (κ1) is 17.3. The van der Waals surface area contributed by atoms with E-state index in [4.69, 9.17) is 4.74 Å². The summed E-state index contributed by atoms with van der Waals surface area (Å²) in [5.41, 5.74) is 1.79. The summed E-state index contributed by atoms with van der Waals surface area (Å²) in [5.74, 6) is -1.15. The molecular weight excluding hydrogens is 337 g/mol. The van der Waals surface area contributed by atoms with Crippen molar-refractivity contribution in [2.45, 2.75) is 6.92 Å². The summed E-state index contributed by atoms with van der Waals surface area (Å²) in [6, 6.07) is 13.7. The van der Waals surface area contributed by atoms with Crippen LogP contribution in [0.5, 0.6) is 0 Å². The lowest BCUT2D eigenvalue weighted by molar-refractivity contribution is 0.0526. The molecule has 0 unspecified atom stereocenters. The second-order valence-corrected chi connectivity index (χ2v) is 5.37. The van der Waals surface area contributed by atoms with E-state index in [1.54, 1.807) is 55.6 Å². The van der Waals surface area contributed by atoms with Gasteiger partial charge in [0.05, 0.1) is 17.9 Å². The molecule has 0 bridgehead atoms. The van der Waals surface area contributed by atoms with Crippen LogP contribution in [0.2, 0.25) is 0 Å². The molecular formula is C19H16FN3O3. The highest BCUT2D eigenvalue weighted by Crippen LogP contribution is 2.13. The molecule has 1 N–H and O–H groups in total. The van der Waals surface area contributed by atoms with Crippen LogP contribution in [-0.2, 0) is 4.74 Å². The van der Waals surface area contributed by atoms with Gasteiger partial charge >= 0.3 is 5.97 Å². The van der Waals surface area contributed by atoms with Crippen LogP contribution in [0.3, 0.4) is 0 Å². The van der Waals surface area contributed by atoms with E-state index in [2.05, 4.69) is 10.4 Å². The number of rotatable bonds is 5. The average Bonchev–Trinajstić information content (AvgIpc) is 3.13. The fourth-order valence-corrected chi connectivity index (χ4v) is 2.28. The lowest BCUT2D eigenvalue weighted by Gasteiger charge is -2.05. The highest BCUT2D eigenvalue weighted by molar-refractivity contribution is 6.03. The van der Waals surface area contributed by atoms with Crippen molar-refractivity contribution in [1.29, 1.82) is 0 Å². The molecule has 3 rings (SSSR count). The molecule has 0 aliphatic heterocycles. The highest BCUT2D eigenvalue weighted by Gasteiger charge is 2.12. The number of nitrogens with zero attached hydrogens (tertiary/aromatic N) is 2. The molecule has 3 aromatic rings. The summed E-state index contributed by atoms with van der Waals surface area (Å²) >= 11 is 0. The lowest BCUT2D eigenvalue weighted by atomic mass is 10.2. The lowest BCUT2D eigenvalue weighted by Crippen LogP contribution is -2.13. The van der Waals surface area contributed by atoms with Gasteiger partial charge in [-0.05, 0) is 61.5 Å². The molecule has 7 heteroatoms. The van der Waals surface area contributed by atoms with E-state index in [-0.39, 0.29) is 11.5 Å². The van der Waals surface area contributed by atoms with Crippen molar-refractivity contribution < 1.29 is 18.7 Å². The molecule has 132 valence electrons. The molecule has 0 aliphatic rings. The Hall–Kier alpha value is -3.48. The Morgan fingerprint density at radius 3 is 2.42 bits per heavy atom. The van der Waals surface area contributed by atoms with E-state index >= 15 is 0 Å². The smallest absolute Gasteiger partial charge is 0.338 e. The molecule has 26 heavy (non-hydrogen) atoms. The first-order valence-corrected chi connectivity index (χ1v) is 7.97. The number of hydrogen-bond donors (Lipinski definition) is 1. The third kappa shape index (κ3) is 3.94. The van der Waals surface area contributed by atoms with Crippen molar-refractivity contribution >= 4 is 17.6 Å². The van der Waals surface area contributed by atoms with Gasteiger partial charge in [0.15, 0.2) is 5.69 Å². The second-order valence-electron chi connectivity index (χ2n) is 5.37. The zero-order valence-corrected chi connectivity index (χ0v) is 14.0. The molecule has 1 amide bonds. The Bertz CT molecular complexity index is 918. The maximum Gasteiger partial charge on any atom is 0.338 e. The van der Waals surface area contributed by atoms with Crippen molar-refractivity contribution in [1.82, 2.24) is 9.78 Å². The summed E-state index contributed by atoms with van der Waals surface area (Å²) < 4.78 is 19.4. The maximum absolute atomic E-state index is 13.0. The van der Waals surface area contributed by atoms with Gasteiger partial charge in [0.25, 0.3) is 5.91 Å². The molecule has 0 fully saturated rings. The van der Waals surface area contributed by atoms with Crippen LogP contribution >= 0.6 is 0 Å². The van der Waals surface area contributed by atoms with E-state index < -0.39 is 11.9 Å². The number of ether oxygens (including phenoxy) is 1. The molecule has 0 saturated carbocycles. The maximum atomic E-state index is 13.0. The number of amides is 1. The predicted octanol–water partition coefficient (Wildman–Crippen LogP) is 3.44. The second kappa shape index (κ2) is 7.60. The number of carbonyl (C=O) groups is 2. The summed E-state index contributed by atoms with van der Waals surface area (Å²) in [6.07, 6.45) is 1.62. The summed E-state index contributed by atoms with van der Waals surface area (Å²) in [4.78, 5) is 23.9. The number of anilines is 1. The third-order valence-electron chi connectivity index (χ3n) is 3.57. The average molecular weight is 353 g/mol. The van der Waals surface area contributed by atoms with Crippen molar-refractivity contribution in [3.63, 3.8) is 0 Å². The normalized spacial score (nSPS) is 10.4. The SMILES string of the molecule is CCOC(=O)c1ccc(NC(=O)c2ccn(-c3ccc(F)cc3)n2)cc1. The molecule has 1 aromatic heterocycles. The quantitative estimate of drug-likeness (QED) is 0.713. The minimum Gasteiger partial charge on any atom is -0.462 e. The summed E-state index contributed by atoms with van der Waals surface area (Å²) in [7, 11) is 0. The zero-order chi connectivity index (χ0) is 18.5. The van der Waals surface area contributed by atoms with Crippen molar-refractivity contribution in [2.24, 2.45) is 0 Å². The number of aromatic nitrogens is 2. The summed E-state index contributed by atoms with van der Waals surface area (Å²) in [5, 5.41) is 6.89. The fraction of sp³-hybridized carbons (Fsp3) is 0.105. The van der Waals surface area contributed by atoms with Gasteiger partial charge in [0.1, 0.15) is 5.82 Å². The standard InChI is InChI=1S/C19H16FN3O3/c1-2-26-19(25)13-3-7-15(8-4-13)21-18(24)17-11-12-23(22-17)16-9-5-14(20)6-10-16/h3-12H,2H2,1H3,(H,21,24). The third-order valence-corrected chi connectivity index (χ3v) is 3.57. The molecule has 0 aliphatic carbocycles. The molecule has 2 aromatic carbocycles. The van der Waals surface area contributed by atoms with Gasteiger partial charge in [-0.2, -0.15) is 5.10 Å². The van der Waals surface area contributed by atoms with Crippen LogP contribution in [0, 0.1) is 5.82 Å². The Kier molecular flexibility index (Phi) is 5.07. The number of carbonyl (C=O) groups excluding carboxylic acids is 2. The molecule has 1 heterocycles. The largest absolute Gasteiger partial charge is 0.462 e. The Labute approximate surface area is 149 Å². The Balaban J connectivity index is 1.68. The number of benzene rings is 2. The molecule has 6 nitrogen and oxygen atoms in total. The van der Waals surface area contributed by atoms with Crippen molar-refractivity contribution in [2.75, 3.05) is 11.9 Å². The van der Waals surface area contributed by atoms with E-state index in [1.165, 1.54) is 16.8 Å². The topological polar surface area (TPSA) is 73.2 Å². The van der Waals surface area contributed by atoms with Crippen LogP contribution in [0.25, 0.3) is 5.69 Å². The van der Waals surface area contributed by atoms with Gasteiger partial charge in [-0.3, -0.25) is 4.79 Å². The number of halogens is 1. The molecule has 0 radical (unpaired) electrons. The monoisotopic (exact) mass is 353 g/mol. The minimum absolute atomic E-state index is 0.212. The van der Waals surface area contributed by atoms with E-state index in [0.717, 1.165) is 0 Å².